The van der Waals surface area contributed by atoms with Gasteiger partial charge in [0.15, 0.2) is 11.5 Å². The Hall–Kier alpha value is -3.42. The zero-order valence-electron chi connectivity index (χ0n) is 12.8. The normalized spacial score (nSPS) is 12.4. The second-order valence-electron chi connectivity index (χ2n) is 5.05. The van der Waals surface area contributed by atoms with E-state index in [1.54, 1.807) is 6.07 Å². The van der Waals surface area contributed by atoms with Gasteiger partial charge in [-0.25, -0.2) is 9.18 Å². The van der Waals surface area contributed by atoms with Crippen LogP contribution in [-0.2, 0) is 16.1 Å². The van der Waals surface area contributed by atoms with Gasteiger partial charge in [0.05, 0.1) is 16.6 Å². The Morgan fingerprint density at radius 2 is 2.00 bits per heavy atom. The van der Waals surface area contributed by atoms with Gasteiger partial charge >= 0.3 is 5.97 Å². The Bertz CT molecular complexity index is 864. The van der Waals surface area contributed by atoms with Gasteiger partial charge in [0.2, 0.25) is 6.79 Å². The second kappa shape index (κ2) is 7.00. The number of halogens is 1. The first-order chi connectivity index (χ1) is 12.0. The predicted molar refractivity (Wildman–Crippen MR) is 84.4 cm³/mol. The van der Waals surface area contributed by atoms with Crippen molar-refractivity contribution in [2.24, 2.45) is 0 Å². The minimum Gasteiger partial charge on any atom is -0.458 e. The highest BCUT2D eigenvalue weighted by atomic mass is 19.1. The van der Waals surface area contributed by atoms with E-state index >= 15 is 0 Å². The summed E-state index contributed by atoms with van der Waals surface area (Å²) in [6.07, 6.45) is 2.27. The molecule has 0 aromatic heterocycles. The number of nitrogens with zero attached hydrogens (tertiary/aromatic N) is 1. The van der Waals surface area contributed by atoms with Gasteiger partial charge in [-0.15, -0.1) is 0 Å². The van der Waals surface area contributed by atoms with Crippen LogP contribution in [0.25, 0.3) is 6.08 Å². The monoisotopic (exact) mass is 345 g/mol. The third kappa shape index (κ3) is 3.74. The smallest absolute Gasteiger partial charge is 0.331 e. The summed E-state index contributed by atoms with van der Waals surface area (Å²) >= 11 is 0. The topological polar surface area (TPSA) is 87.9 Å². The maximum absolute atomic E-state index is 13.4. The number of hydrogen-bond acceptors (Lipinski definition) is 6. The predicted octanol–water partition coefficient (Wildman–Crippen LogP) is 3.22. The van der Waals surface area contributed by atoms with Gasteiger partial charge in [0.1, 0.15) is 12.4 Å². The molecule has 1 heterocycles. The Labute approximate surface area is 141 Å². The zero-order chi connectivity index (χ0) is 17.8. The fourth-order valence-corrected chi connectivity index (χ4v) is 2.21. The highest BCUT2D eigenvalue weighted by Gasteiger charge is 2.22. The molecule has 0 atom stereocenters. The van der Waals surface area contributed by atoms with E-state index in [2.05, 4.69) is 0 Å². The third-order valence-electron chi connectivity index (χ3n) is 3.45. The number of ether oxygens (including phenoxy) is 3. The lowest BCUT2D eigenvalue weighted by atomic mass is 10.1. The van der Waals surface area contributed by atoms with Gasteiger partial charge < -0.3 is 14.2 Å². The van der Waals surface area contributed by atoms with Crippen molar-refractivity contribution in [2.45, 2.75) is 6.61 Å². The molecule has 0 amide bonds. The molecule has 0 radical (unpaired) electrons. The average Bonchev–Trinajstić information content (AvgIpc) is 3.05. The molecule has 2 aromatic carbocycles. The van der Waals surface area contributed by atoms with E-state index in [0.717, 1.165) is 6.08 Å². The first-order valence-electron chi connectivity index (χ1n) is 7.21. The summed E-state index contributed by atoms with van der Waals surface area (Å²) in [7, 11) is 0. The fourth-order valence-electron chi connectivity index (χ4n) is 2.21. The molecule has 0 saturated heterocycles. The Morgan fingerprint density at radius 1 is 1.28 bits per heavy atom. The number of benzene rings is 2. The molecular formula is C17H12FNO6. The van der Waals surface area contributed by atoms with Crippen LogP contribution in [0.1, 0.15) is 11.1 Å². The van der Waals surface area contributed by atoms with Crippen LogP contribution < -0.4 is 9.47 Å². The first-order valence-corrected chi connectivity index (χ1v) is 7.21. The standard InChI is InChI=1S/C17H12FNO6/c18-13-4-2-1-3-12(13)9-23-17(20)6-5-11-7-15-16(25-10-24-15)8-14(11)19(21)22/h1-8H,9-10H2/b6-5+. The van der Waals surface area contributed by atoms with Gasteiger partial charge in [-0.3, -0.25) is 10.1 Å². The van der Waals surface area contributed by atoms with E-state index < -0.39 is 16.7 Å². The SMILES string of the molecule is O=C(/C=C/c1cc2c(cc1[N+](=O)[O-])OCO2)OCc1ccccc1F. The lowest BCUT2D eigenvalue weighted by Gasteiger charge is -2.03. The van der Waals surface area contributed by atoms with Crippen molar-refractivity contribution in [3.8, 4) is 11.5 Å². The van der Waals surface area contributed by atoms with Gasteiger partial charge in [-0.1, -0.05) is 18.2 Å². The molecule has 0 fully saturated rings. The maximum Gasteiger partial charge on any atom is 0.331 e. The van der Waals surface area contributed by atoms with Crippen LogP contribution in [0.2, 0.25) is 0 Å². The maximum atomic E-state index is 13.4. The number of nitro groups is 1. The molecule has 1 aliphatic heterocycles. The molecule has 0 spiro atoms. The van der Waals surface area contributed by atoms with Crippen LogP contribution in [0.4, 0.5) is 10.1 Å². The molecule has 3 rings (SSSR count). The van der Waals surface area contributed by atoms with Crippen LogP contribution in [0.5, 0.6) is 11.5 Å². The van der Waals surface area contributed by atoms with E-state index in [0.29, 0.717) is 5.75 Å². The summed E-state index contributed by atoms with van der Waals surface area (Å²) in [6, 6.07) is 8.54. The number of hydrogen-bond donors (Lipinski definition) is 0. The first kappa shape index (κ1) is 16.4. The Balaban J connectivity index is 1.72. The van der Waals surface area contributed by atoms with Crippen LogP contribution in [0, 0.1) is 15.9 Å². The summed E-state index contributed by atoms with van der Waals surface area (Å²) in [6.45, 7) is -0.261. The van der Waals surface area contributed by atoms with Crippen molar-refractivity contribution in [3.05, 3.63) is 69.5 Å². The quantitative estimate of drug-likeness (QED) is 0.358. The molecule has 8 heteroatoms. The largest absolute Gasteiger partial charge is 0.458 e. The van der Waals surface area contributed by atoms with E-state index in [-0.39, 0.29) is 36.0 Å². The summed E-state index contributed by atoms with van der Waals surface area (Å²) in [4.78, 5) is 22.3. The van der Waals surface area contributed by atoms with E-state index in [1.807, 2.05) is 0 Å². The highest BCUT2D eigenvalue weighted by molar-refractivity contribution is 5.88. The van der Waals surface area contributed by atoms with Crippen LogP contribution in [0.3, 0.4) is 0 Å². The van der Waals surface area contributed by atoms with Crippen molar-refractivity contribution in [3.63, 3.8) is 0 Å². The Morgan fingerprint density at radius 3 is 2.72 bits per heavy atom. The molecule has 0 bridgehead atoms. The summed E-state index contributed by atoms with van der Waals surface area (Å²) < 4.78 is 28.6. The van der Waals surface area contributed by atoms with Crippen LogP contribution in [0.15, 0.2) is 42.5 Å². The van der Waals surface area contributed by atoms with Gasteiger partial charge in [0.25, 0.3) is 5.69 Å². The molecular weight excluding hydrogens is 333 g/mol. The minimum atomic E-state index is -0.754. The highest BCUT2D eigenvalue weighted by Crippen LogP contribution is 2.38. The van der Waals surface area contributed by atoms with Crippen molar-refractivity contribution in [1.82, 2.24) is 0 Å². The third-order valence-corrected chi connectivity index (χ3v) is 3.45. The summed E-state index contributed by atoms with van der Waals surface area (Å²) in [5, 5.41) is 11.1. The average molecular weight is 345 g/mol. The zero-order valence-corrected chi connectivity index (χ0v) is 12.8. The molecule has 25 heavy (non-hydrogen) atoms. The number of fused-ring (bicyclic) bond motifs is 1. The van der Waals surface area contributed by atoms with E-state index in [1.165, 1.54) is 36.4 Å². The number of carbonyl (C=O) groups excluding carboxylic acids is 1. The molecule has 7 nitrogen and oxygen atoms in total. The van der Waals surface area contributed by atoms with Crippen molar-refractivity contribution in [1.29, 1.82) is 0 Å². The molecule has 2 aromatic rings. The van der Waals surface area contributed by atoms with E-state index in [4.69, 9.17) is 14.2 Å². The van der Waals surface area contributed by atoms with Gasteiger partial charge in [0, 0.05) is 11.6 Å². The van der Waals surface area contributed by atoms with Crippen molar-refractivity contribution >= 4 is 17.7 Å². The molecule has 128 valence electrons. The fraction of sp³-hybridized carbons (Fsp3) is 0.118. The molecule has 0 saturated carbocycles. The lowest BCUT2D eigenvalue weighted by Crippen LogP contribution is -2.02. The molecule has 0 unspecified atom stereocenters. The van der Waals surface area contributed by atoms with Crippen LogP contribution in [-0.4, -0.2) is 17.7 Å². The molecule has 0 N–H and O–H groups in total. The van der Waals surface area contributed by atoms with Crippen LogP contribution >= 0.6 is 0 Å². The van der Waals surface area contributed by atoms with Gasteiger partial charge in [-0.05, 0) is 18.2 Å². The summed E-state index contributed by atoms with van der Waals surface area (Å²) in [5.41, 5.74) is 0.165. The minimum absolute atomic E-state index is 0.0235. The lowest BCUT2D eigenvalue weighted by molar-refractivity contribution is -0.385. The number of carbonyl (C=O) groups is 1. The van der Waals surface area contributed by atoms with Crippen molar-refractivity contribution in [2.75, 3.05) is 6.79 Å². The summed E-state index contributed by atoms with van der Waals surface area (Å²) in [5.74, 6) is -0.614. The Kier molecular flexibility index (Phi) is 4.60. The van der Waals surface area contributed by atoms with Gasteiger partial charge in [-0.2, -0.15) is 0 Å². The molecule has 1 aliphatic rings. The number of esters is 1. The molecule has 0 aliphatic carbocycles. The second-order valence-corrected chi connectivity index (χ2v) is 5.05. The number of rotatable bonds is 5. The van der Waals surface area contributed by atoms with Crippen molar-refractivity contribution < 1.29 is 28.3 Å². The number of nitro benzene ring substituents is 1. The van der Waals surface area contributed by atoms with E-state index in [9.17, 15) is 19.3 Å².